The van der Waals surface area contributed by atoms with Gasteiger partial charge >= 0.3 is 0 Å². The fraction of sp³-hybridized carbons (Fsp3) is 0.211. The number of hydrogen-bond acceptors (Lipinski definition) is 5. The summed E-state index contributed by atoms with van der Waals surface area (Å²) in [7, 11) is 1.62. The fourth-order valence-electron chi connectivity index (χ4n) is 2.43. The Labute approximate surface area is 152 Å². The van der Waals surface area contributed by atoms with E-state index in [9.17, 15) is 4.79 Å². The van der Waals surface area contributed by atoms with Crippen molar-refractivity contribution in [3.8, 4) is 11.6 Å². The average Bonchev–Trinajstić information content (AvgIpc) is 3.21. The van der Waals surface area contributed by atoms with Crippen LogP contribution in [0.4, 0.5) is 5.82 Å². The van der Waals surface area contributed by atoms with Crippen molar-refractivity contribution in [1.82, 2.24) is 20.1 Å². The maximum absolute atomic E-state index is 12.0. The second-order valence-corrected chi connectivity index (χ2v) is 5.67. The number of ether oxygens (including phenoxy) is 1. The SMILES string of the molecule is COc1ccc(CC(=O)NCCNc2ccc(-n3cccc3)nn2)cc1. The average molecular weight is 351 g/mol. The van der Waals surface area contributed by atoms with E-state index in [2.05, 4.69) is 20.8 Å². The molecule has 0 aliphatic heterocycles. The molecule has 0 unspecified atom stereocenters. The van der Waals surface area contributed by atoms with Crippen LogP contribution in [-0.4, -0.2) is 40.9 Å². The van der Waals surface area contributed by atoms with Gasteiger partial charge < -0.3 is 19.9 Å². The number of aromatic nitrogens is 3. The first kappa shape index (κ1) is 17.5. The van der Waals surface area contributed by atoms with Crippen molar-refractivity contribution in [3.05, 3.63) is 66.5 Å². The van der Waals surface area contributed by atoms with Crippen molar-refractivity contribution < 1.29 is 9.53 Å². The molecule has 26 heavy (non-hydrogen) atoms. The van der Waals surface area contributed by atoms with Crippen LogP contribution in [0.3, 0.4) is 0 Å². The Kier molecular flexibility index (Phi) is 5.82. The number of nitrogens with one attached hydrogen (secondary N) is 2. The number of amides is 1. The van der Waals surface area contributed by atoms with E-state index in [1.165, 1.54) is 0 Å². The van der Waals surface area contributed by atoms with Gasteiger partial charge in [0, 0.05) is 25.5 Å². The Morgan fingerprint density at radius 2 is 1.81 bits per heavy atom. The molecule has 7 heteroatoms. The smallest absolute Gasteiger partial charge is 0.224 e. The van der Waals surface area contributed by atoms with E-state index >= 15 is 0 Å². The third-order valence-corrected chi connectivity index (χ3v) is 3.80. The predicted molar refractivity (Wildman–Crippen MR) is 99.6 cm³/mol. The Morgan fingerprint density at radius 1 is 1.04 bits per heavy atom. The summed E-state index contributed by atoms with van der Waals surface area (Å²) in [5.74, 6) is 2.19. The molecule has 2 aromatic heterocycles. The highest BCUT2D eigenvalue weighted by Gasteiger charge is 2.04. The number of rotatable bonds is 8. The predicted octanol–water partition coefficient (Wildman–Crippen LogP) is 2.05. The Hall–Kier alpha value is -3.35. The topological polar surface area (TPSA) is 81.1 Å². The number of nitrogens with zero attached hydrogens (tertiary/aromatic N) is 3. The molecule has 3 aromatic rings. The lowest BCUT2D eigenvalue weighted by atomic mass is 10.1. The lowest BCUT2D eigenvalue weighted by molar-refractivity contribution is -0.120. The van der Waals surface area contributed by atoms with Crippen molar-refractivity contribution in [1.29, 1.82) is 0 Å². The number of carbonyl (C=O) groups is 1. The Morgan fingerprint density at radius 3 is 2.46 bits per heavy atom. The van der Waals surface area contributed by atoms with Gasteiger partial charge in [0.05, 0.1) is 13.5 Å². The molecule has 0 spiro atoms. The summed E-state index contributed by atoms with van der Waals surface area (Å²) < 4.78 is 6.99. The molecule has 0 bridgehead atoms. The maximum Gasteiger partial charge on any atom is 0.224 e. The van der Waals surface area contributed by atoms with Crippen molar-refractivity contribution in [2.45, 2.75) is 6.42 Å². The molecule has 134 valence electrons. The van der Waals surface area contributed by atoms with Crippen LogP contribution < -0.4 is 15.4 Å². The van der Waals surface area contributed by atoms with Crippen LogP contribution >= 0.6 is 0 Å². The molecule has 3 rings (SSSR count). The molecule has 7 nitrogen and oxygen atoms in total. The Balaban J connectivity index is 1.38. The number of carbonyl (C=O) groups excluding carboxylic acids is 1. The van der Waals surface area contributed by atoms with Gasteiger partial charge in [0.2, 0.25) is 5.91 Å². The van der Waals surface area contributed by atoms with E-state index in [1.54, 1.807) is 7.11 Å². The zero-order valence-electron chi connectivity index (χ0n) is 14.6. The maximum atomic E-state index is 12.0. The lowest BCUT2D eigenvalue weighted by Gasteiger charge is -2.08. The minimum atomic E-state index is -0.0222. The van der Waals surface area contributed by atoms with Crippen LogP contribution in [0.25, 0.3) is 5.82 Å². The second kappa shape index (κ2) is 8.66. The van der Waals surface area contributed by atoms with Crippen molar-refractivity contribution in [2.75, 3.05) is 25.5 Å². The molecule has 2 heterocycles. The van der Waals surface area contributed by atoms with Crippen molar-refractivity contribution >= 4 is 11.7 Å². The summed E-state index contributed by atoms with van der Waals surface area (Å²) >= 11 is 0. The number of methoxy groups -OCH3 is 1. The van der Waals surface area contributed by atoms with Gasteiger partial charge in [0.1, 0.15) is 11.6 Å². The highest BCUT2D eigenvalue weighted by atomic mass is 16.5. The van der Waals surface area contributed by atoms with Crippen LogP contribution in [0.15, 0.2) is 60.9 Å². The molecule has 0 atom stereocenters. The van der Waals surface area contributed by atoms with Gasteiger partial charge in [-0.05, 0) is 42.0 Å². The molecule has 1 aromatic carbocycles. The van der Waals surface area contributed by atoms with Crippen LogP contribution in [-0.2, 0) is 11.2 Å². The van der Waals surface area contributed by atoms with Crippen LogP contribution in [0, 0.1) is 0 Å². The summed E-state index contributed by atoms with van der Waals surface area (Å²) in [6.07, 6.45) is 4.17. The molecular formula is C19H21N5O2. The van der Waals surface area contributed by atoms with E-state index in [0.717, 1.165) is 17.1 Å². The highest BCUT2D eigenvalue weighted by Crippen LogP contribution is 2.11. The third-order valence-electron chi connectivity index (χ3n) is 3.80. The molecule has 2 N–H and O–H groups in total. The summed E-state index contributed by atoms with van der Waals surface area (Å²) in [5.41, 5.74) is 0.947. The molecule has 0 aliphatic rings. The van der Waals surface area contributed by atoms with Gasteiger partial charge in [-0.3, -0.25) is 4.79 Å². The van der Waals surface area contributed by atoms with E-state index in [-0.39, 0.29) is 5.91 Å². The normalized spacial score (nSPS) is 10.3. The lowest BCUT2D eigenvalue weighted by Crippen LogP contribution is -2.30. The zero-order chi connectivity index (χ0) is 18.2. The molecule has 0 saturated heterocycles. The van der Waals surface area contributed by atoms with Gasteiger partial charge in [-0.1, -0.05) is 12.1 Å². The monoisotopic (exact) mass is 351 g/mol. The quantitative estimate of drug-likeness (QED) is 0.607. The van der Waals surface area contributed by atoms with E-state index in [1.807, 2.05) is 65.5 Å². The van der Waals surface area contributed by atoms with Crippen LogP contribution in [0.2, 0.25) is 0 Å². The molecule has 0 aliphatic carbocycles. The third kappa shape index (κ3) is 4.83. The van der Waals surface area contributed by atoms with Crippen molar-refractivity contribution in [3.63, 3.8) is 0 Å². The number of anilines is 1. The van der Waals surface area contributed by atoms with E-state index in [4.69, 9.17) is 4.74 Å². The first-order valence-corrected chi connectivity index (χ1v) is 8.35. The van der Waals surface area contributed by atoms with Crippen LogP contribution in [0.1, 0.15) is 5.56 Å². The van der Waals surface area contributed by atoms with Gasteiger partial charge in [-0.2, -0.15) is 0 Å². The van der Waals surface area contributed by atoms with Crippen LogP contribution in [0.5, 0.6) is 5.75 Å². The largest absolute Gasteiger partial charge is 0.497 e. The fourth-order valence-corrected chi connectivity index (χ4v) is 2.43. The minimum absolute atomic E-state index is 0.0222. The zero-order valence-corrected chi connectivity index (χ0v) is 14.6. The number of hydrogen-bond donors (Lipinski definition) is 2. The first-order chi connectivity index (χ1) is 12.7. The minimum Gasteiger partial charge on any atom is -0.497 e. The van der Waals surface area contributed by atoms with E-state index in [0.29, 0.717) is 25.3 Å². The van der Waals surface area contributed by atoms with Gasteiger partial charge in [0.15, 0.2) is 5.82 Å². The molecule has 0 fully saturated rings. The summed E-state index contributed by atoms with van der Waals surface area (Å²) in [5, 5.41) is 14.3. The first-order valence-electron chi connectivity index (χ1n) is 8.35. The molecule has 0 saturated carbocycles. The van der Waals surface area contributed by atoms with Gasteiger partial charge in [-0.25, -0.2) is 0 Å². The van der Waals surface area contributed by atoms with Crippen molar-refractivity contribution in [2.24, 2.45) is 0 Å². The molecule has 0 radical (unpaired) electrons. The summed E-state index contributed by atoms with van der Waals surface area (Å²) in [6, 6.07) is 15.1. The Bertz CT molecular complexity index is 814. The summed E-state index contributed by atoms with van der Waals surface area (Å²) in [6.45, 7) is 1.09. The highest BCUT2D eigenvalue weighted by molar-refractivity contribution is 5.78. The molecular weight excluding hydrogens is 330 g/mol. The van der Waals surface area contributed by atoms with Gasteiger partial charge in [-0.15, -0.1) is 10.2 Å². The standard InChI is InChI=1S/C19H21N5O2/c1-26-16-6-4-15(5-7-16)14-19(25)21-11-10-20-17-8-9-18(23-22-17)24-12-2-3-13-24/h2-9,12-13H,10-11,14H2,1H3,(H,20,22)(H,21,25). The molecule has 1 amide bonds. The van der Waals surface area contributed by atoms with E-state index < -0.39 is 0 Å². The second-order valence-electron chi connectivity index (χ2n) is 5.67. The number of benzene rings is 1. The summed E-state index contributed by atoms with van der Waals surface area (Å²) in [4.78, 5) is 12.0. The van der Waals surface area contributed by atoms with Gasteiger partial charge in [0.25, 0.3) is 0 Å².